The third-order valence-corrected chi connectivity index (χ3v) is 6.71. The van der Waals surface area contributed by atoms with Crippen molar-refractivity contribution in [3.05, 3.63) is 59.9 Å². The normalized spacial score (nSPS) is 17.9. The van der Waals surface area contributed by atoms with E-state index in [0.29, 0.717) is 25.1 Å². The first kappa shape index (κ1) is 20.3. The predicted octanol–water partition coefficient (Wildman–Crippen LogP) is 2.55. The van der Waals surface area contributed by atoms with Gasteiger partial charge in [0.05, 0.1) is 17.9 Å². The summed E-state index contributed by atoms with van der Waals surface area (Å²) in [4.78, 5) is 12.7. The Labute approximate surface area is 164 Å². The van der Waals surface area contributed by atoms with Gasteiger partial charge in [0.15, 0.2) is 0 Å². The molecule has 0 saturated carbocycles. The van der Waals surface area contributed by atoms with E-state index >= 15 is 0 Å². The molecule has 1 aliphatic heterocycles. The molecule has 1 atom stereocenters. The van der Waals surface area contributed by atoms with E-state index in [4.69, 9.17) is 4.74 Å². The van der Waals surface area contributed by atoms with Gasteiger partial charge in [0.2, 0.25) is 15.9 Å². The van der Waals surface area contributed by atoms with Crippen molar-refractivity contribution in [3.63, 3.8) is 0 Å². The third kappa shape index (κ3) is 4.69. The van der Waals surface area contributed by atoms with Crippen molar-refractivity contribution in [2.24, 2.45) is 5.92 Å². The first-order valence-electron chi connectivity index (χ1n) is 9.06. The second-order valence-corrected chi connectivity index (χ2v) is 8.66. The molecule has 0 radical (unpaired) electrons. The van der Waals surface area contributed by atoms with E-state index in [2.05, 4.69) is 5.32 Å². The van der Waals surface area contributed by atoms with Crippen molar-refractivity contribution in [1.82, 2.24) is 9.62 Å². The van der Waals surface area contributed by atoms with E-state index < -0.39 is 15.9 Å². The van der Waals surface area contributed by atoms with Crippen LogP contribution < -0.4 is 10.1 Å². The molecular weight excluding hydrogens is 383 g/mol. The smallest absolute Gasteiger partial charge is 0.243 e. The van der Waals surface area contributed by atoms with Crippen LogP contribution in [0.3, 0.4) is 0 Å². The topological polar surface area (TPSA) is 75.7 Å². The Morgan fingerprint density at radius 3 is 2.50 bits per heavy atom. The Hall–Kier alpha value is -2.45. The van der Waals surface area contributed by atoms with Gasteiger partial charge in [-0.05, 0) is 54.8 Å². The highest BCUT2D eigenvalue weighted by Gasteiger charge is 2.33. The van der Waals surface area contributed by atoms with Crippen molar-refractivity contribution in [2.45, 2.75) is 24.3 Å². The molecule has 1 fully saturated rings. The van der Waals surface area contributed by atoms with E-state index in [1.54, 1.807) is 24.3 Å². The van der Waals surface area contributed by atoms with Gasteiger partial charge in [0.1, 0.15) is 11.6 Å². The molecular formula is C20H23FN2O4S. The van der Waals surface area contributed by atoms with Crippen molar-refractivity contribution in [1.29, 1.82) is 0 Å². The Balaban J connectivity index is 1.63. The van der Waals surface area contributed by atoms with Crippen molar-refractivity contribution in [3.8, 4) is 5.75 Å². The summed E-state index contributed by atoms with van der Waals surface area (Å²) in [5, 5.41) is 2.82. The van der Waals surface area contributed by atoms with Crippen LogP contribution >= 0.6 is 0 Å². The van der Waals surface area contributed by atoms with Gasteiger partial charge >= 0.3 is 0 Å². The molecule has 1 aliphatic rings. The van der Waals surface area contributed by atoms with E-state index in [9.17, 15) is 17.6 Å². The largest absolute Gasteiger partial charge is 0.497 e. The van der Waals surface area contributed by atoms with Crippen LogP contribution in [0.1, 0.15) is 18.4 Å². The molecule has 0 unspecified atom stereocenters. The molecule has 1 heterocycles. The number of amides is 1. The second-order valence-electron chi connectivity index (χ2n) is 6.72. The molecule has 0 spiro atoms. The summed E-state index contributed by atoms with van der Waals surface area (Å²) in [6, 6.07) is 12.1. The quantitative estimate of drug-likeness (QED) is 0.800. The zero-order valence-corrected chi connectivity index (χ0v) is 16.4. The molecule has 1 amide bonds. The van der Waals surface area contributed by atoms with Gasteiger partial charge in [-0.1, -0.05) is 12.1 Å². The Bertz CT molecular complexity index is 914. The number of methoxy groups -OCH3 is 1. The van der Waals surface area contributed by atoms with Gasteiger partial charge in [0.25, 0.3) is 0 Å². The number of carbonyl (C=O) groups excluding carboxylic acids is 1. The van der Waals surface area contributed by atoms with Gasteiger partial charge in [0, 0.05) is 19.6 Å². The Morgan fingerprint density at radius 1 is 1.18 bits per heavy atom. The van der Waals surface area contributed by atoms with E-state index in [1.807, 2.05) is 0 Å². The molecule has 150 valence electrons. The van der Waals surface area contributed by atoms with Crippen molar-refractivity contribution in [2.75, 3.05) is 20.2 Å². The number of nitrogens with zero attached hydrogens (tertiary/aromatic N) is 1. The highest BCUT2D eigenvalue weighted by atomic mass is 32.2. The summed E-state index contributed by atoms with van der Waals surface area (Å²) in [6.45, 7) is 0.806. The van der Waals surface area contributed by atoms with Gasteiger partial charge in [-0.3, -0.25) is 4.79 Å². The lowest BCUT2D eigenvalue weighted by Crippen LogP contribution is -2.45. The van der Waals surface area contributed by atoms with Gasteiger partial charge in [-0.15, -0.1) is 0 Å². The van der Waals surface area contributed by atoms with Crippen LogP contribution in [0.25, 0.3) is 0 Å². The third-order valence-electron chi connectivity index (χ3n) is 4.83. The monoisotopic (exact) mass is 406 g/mol. The van der Waals surface area contributed by atoms with Crippen LogP contribution in [0.15, 0.2) is 53.4 Å². The predicted molar refractivity (Wildman–Crippen MR) is 103 cm³/mol. The number of piperidine rings is 1. The van der Waals surface area contributed by atoms with E-state index in [1.165, 1.54) is 35.7 Å². The first-order valence-corrected chi connectivity index (χ1v) is 10.5. The van der Waals surface area contributed by atoms with Crippen LogP contribution in [-0.4, -0.2) is 38.8 Å². The van der Waals surface area contributed by atoms with Gasteiger partial charge < -0.3 is 10.1 Å². The second kappa shape index (κ2) is 8.70. The summed E-state index contributed by atoms with van der Waals surface area (Å²) < 4.78 is 45.2. The first-order chi connectivity index (χ1) is 13.4. The zero-order chi connectivity index (χ0) is 20.1. The number of hydrogen-bond acceptors (Lipinski definition) is 4. The highest BCUT2D eigenvalue weighted by Crippen LogP contribution is 2.25. The van der Waals surface area contributed by atoms with Crippen LogP contribution in [0, 0.1) is 11.7 Å². The maximum Gasteiger partial charge on any atom is 0.243 e. The lowest BCUT2D eigenvalue weighted by atomic mass is 9.99. The van der Waals surface area contributed by atoms with Crippen molar-refractivity contribution < 1.29 is 22.3 Å². The van der Waals surface area contributed by atoms with E-state index in [0.717, 1.165) is 5.56 Å². The summed E-state index contributed by atoms with van der Waals surface area (Å²) in [7, 11) is -2.15. The number of nitrogens with one attached hydrogen (secondary N) is 1. The zero-order valence-electron chi connectivity index (χ0n) is 15.6. The SMILES string of the molecule is COc1ccc(S(=O)(=O)N2CCC[C@@H](C(=O)NCc3ccc(F)cc3)C2)cc1. The molecule has 3 rings (SSSR count). The number of sulfonamides is 1. The van der Waals surface area contributed by atoms with Crippen molar-refractivity contribution >= 4 is 15.9 Å². The number of carbonyl (C=O) groups is 1. The molecule has 1 N–H and O–H groups in total. The summed E-state index contributed by atoms with van der Waals surface area (Å²) in [5.74, 6) is -0.362. The standard InChI is InChI=1S/C20H23FN2O4S/c1-27-18-8-10-19(11-9-18)28(25,26)23-12-2-3-16(14-23)20(24)22-13-15-4-6-17(21)7-5-15/h4-11,16H,2-3,12-14H2,1H3,(H,22,24)/t16-/m1/s1. The lowest BCUT2D eigenvalue weighted by molar-refractivity contribution is -0.126. The minimum atomic E-state index is -3.67. The number of hydrogen-bond donors (Lipinski definition) is 1. The molecule has 8 heteroatoms. The number of ether oxygens (including phenoxy) is 1. The molecule has 2 aromatic carbocycles. The summed E-state index contributed by atoms with van der Waals surface area (Å²) in [6.07, 6.45) is 1.24. The van der Waals surface area contributed by atoms with E-state index in [-0.39, 0.29) is 29.7 Å². The molecule has 28 heavy (non-hydrogen) atoms. The average molecular weight is 406 g/mol. The minimum absolute atomic E-state index is 0.142. The number of benzene rings is 2. The lowest BCUT2D eigenvalue weighted by Gasteiger charge is -2.31. The molecule has 6 nitrogen and oxygen atoms in total. The highest BCUT2D eigenvalue weighted by molar-refractivity contribution is 7.89. The Kier molecular flexibility index (Phi) is 6.31. The maximum atomic E-state index is 13.0. The van der Waals surface area contributed by atoms with Crippen LogP contribution in [0.5, 0.6) is 5.75 Å². The fourth-order valence-electron chi connectivity index (χ4n) is 3.21. The summed E-state index contributed by atoms with van der Waals surface area (Å²) in [5.41, 5.74) is 0.785. The van der Waals surface area contributed by atoms with Gasteiger partial charge in [-0.2, -0.15) is 4.31 Å². The maximum absolute atomic E-state index is 13.0. The molecule has 0 aliphatic carbocycles. The Morgan fingerprint density at radius 2 is 1.86 bits per heavy atom. The van der Waals surface area contributed by atoms with Gasteiger partial charge in [-0.25, -0.2) is 12.8 Å². The van der Waals surface area contributed by atoms with Crippen LogP contribution in [0.2, 0.25) is 0 Å². The fraction of sp³-hybridized carbons (Fsp3) is 0.350. The fourth-order valence-corrected chi connectivity index (χ4v) is 4.73. The molecule has 0 aromatic heterocycles. The van der Waals surface area contributed by atoms with Crippen LogP contribution in [0.4, 0.5) is 4.39 Å². The minimum Gasteiger partial charge on any atom is -0.497 e. The average Bonchev–Trinajstić information content (AvgIpc) is 2.73. The summed E-state index contributed by atoms with van der Waals surface area (Å²) >= 11 is 0. The molecule has 2 aromatic rings. The number of halogens is 1. The molecule has 0 bridgehead atoms. The molecule has 1 saturated heterocycles. The number of rotatable bonds is 6. The van der Waals surface area contributed by atoms with Crippen LogP contribution in [-0.2, 0) is 21.4 Å².